The molecule has 0 spiro atoms. The van der Waals surface area contributed by atoms with E-state index >= 15 is 0 Å². The number of carbonyl (C=O) groups excluding carboxylic acids is 1. The number of anilines is 1. The molecule has 1 aliphatic heterocycles. The van der Waals surface area contributed by atoms with Crippen LogP contribution in [0.3, 0.4) is 0 Å². The van der Waals surface area contributed by atoms with Gasteiger partial charge in [-0.05, 0) is 36.2 Å². The zero-order chi connectivity index (χ0) is 14.1. The molecule has 20 heavy (non-hydrogen) atoms. The predicted octanol–water partition coefficient (Wildman–Crippen LogP) is 3.55. The molecule has 0 fully saturated rings. The second kappa shape index (κ2) is 5.17. The van der Waals surface area contributed by atoms with E-state index in [1.165, 1.54) is 5.56 Å². The Kier molecular flexibility index (Phi) is 3.36. The quantitative estimate of drug-likeness (QED) is 0.845. The summed E-state index contributed by atoms with van der Waals surface area (Å²) < 4.78 is 5.10. The summed E-state index contributed by atoms with van der Waals surface area (Å²) in [5.41, 5.74) is 2.68. The van der Waals surface area contributed by atoms with Crippen LogP contribution in [0.15, 0.2) is 42.5 Å². The van der Waals surface area contributed by atoms with Crippen LogP contribution in [-0.2, 0) is 6.42 Å². The van der Waals surface area contributed by atoms with Crippen LogP contribution in [0.2, 0.25) is 5.02 Å². The Morgan fingerprint density at radius 1 is 1.25 bits per heavy atom. The van der Waals surface area contributed by atoms with Gasteiger partial charge in [0.05, 0.1) is 17.7 Å². The summed E-state index contributed by atoms with van der Waals surface area (Å²) in [6.45, 7) is 0.695. The number of halogens is 1. The number of para-hydroxylation sites is 1. The number of hydrogen-bond donors (Lipinski definition) is 0. The van der Waals surface area contributed by atoms with Gasteiger partial charge in [0.2, 0.25) is 0 Å². The lowest BCUT2D eigenvalue weighted by Gasteiger charge is -2.18. The summed E-state index contributed by atoms with van der Waals surface area (Å²) in [4.78, 5) is 14.4. The van der Waals surface area contributed by atoms with E-state index in [0.29, 0.717) is 22.9 Å². The van der Waals surface area contributed by atoms with Gasteiger partial charge >= 0.3 is 0 Å². The number of methoxy groups -OCH3 is 1. The van der Waals surface area contributed by atoms with Crippen molar-refractivity contribution < 1.29 is 9.53 Å². The van der Waals surface area contributed by atoms with Crippen LogP contribution in [-0.4, -0.2) is 19.6 Å². The summed E-state index contributed by atoms with van der Waals surface area (Å²) in [5, 5.41) is 0.415. The first kappa shape index (κ1) is 13.0. The van der Waals surface area contributed by atoms with Gasteiger partial charge in [-0.3, -0.25) is 4.79 Å². The van der Waals surface area contributed by atoms with Gasteiger partial charge in [-0.25, -0.2) is 0 Å². The number of amides is 1. The van der Waals surface area contributed by atoms with Crippen molar-refractivity contribution in [3.63, 3.8) is 0 Å². The third-order valence-electron chi connectivity index (χ3n) is 3.54. The van der Waals surface area contributed by atoms with Gasteiger partial charge in [0.25, 0.3) is 5.91 Å². The van der Waals surface area contributed by atoms with Gasteiger partial charge < -0.3 is 9.64 Å². The molecule has 3 rings (SSSR count). The van der Waals surface area contributed by atoms with Gasteiger partial charge in [-0.1, -0.05) is 29.8 Å². The highest BCUT2D eigenvalue weighted by Gasteiger charge is 2.26. The van der Waals surface area contributed by atoms with E-state index in [9.17, 15) is 4.79 Å². The Balaban J connectivity index is 1.95. The molecule has 0 N–H and O–H groups in total. The Bertz CT molecular complexity index is 669. The van der Waals surface area contributed by atoms with Crippen LogP contribution in [0, 0.1) is 0 Å². The zero-order valence-electron chi connectivity index (χ0n) is 11.1. The van der Waals surface area contributed by atoms with Crippen LogP contribution < -0.4 is 9.64 Å². The highest BCUT2D eigenvalue weighted by molar-refractivity contribution is 6.34. The minimum atomic E-state index is -0.0670. The summed E-state index contributed by atoms with van der Waals surface area (Å²) in [7, 11) is 1.57. The lowest BCUT2D eigenvalue weighted by molar-refractivity contribution is 0.0989. The molecule has 2 aromatic rings. The average molecular weight is 288 g/mol. The van der Waals surface area contributed by atoms with Crippen LogP contribution in [0.25, 0.3) is 0 Å². The van der Waals surface area contributed by atoms with Crippen molar-refractivity contribution in [3.05, 3.63) is 58.6 Å². The van der Waals surface area contributed by atoms with E-state index < -0.39 is 0 Å². The Labute approximate surface area is 122 Å². The Hall–Kier alpha value is -2.00. The normalized spacial score (nSPS) is 13.2. The van der Waals surface area contributed by atoms with Gasteiger partial charge in [0.1, 0.15) is 5.75 Å². The van der Waals surface area contributed by atoms with Crippen molar-refractivity contribution in [2.24, 2.45) is 0 Å². The van der Waals surface area contributed by atoms with E-state index in [4.69, 9.17) is 16.3 Å². The third kappa shape index (κ3) is 2.14. The SMILES string of the molecule is COc1ccc(C(=O)N2CCc3ccccc32)c(Cl)c1. The molecule has 2 aromatic carbocycles. The largest absolute Gasteiger partial charge is 0.497 e. The summed E-state index contributed by atoms with van der Waals surface area (Å²) in [6, 6.07) is 13.1. The van der Waals surface area contributed by atoms with Gasteiger partial charge in [-0.2, -0.15) is 0 Å². The molecule has 102 valence electrons. The minimum absolute atomic E-state index is 0.0670. The third-order valence-corrected chi connectivity index (χ3v) is 3.85. The molecule has 0 saturated carbocycles. The first-order valence-corrected chi connectivity index (χ1v) is 6.82. The number of fused-ring (bicyclic) bond motifs is 1. The van der Waals surface area contributed by atoms with Gasteiger partial charge in [0.15, 0.2) is 0 Å². The van der Waals surface area contributed by atoms with Crippen molar-refractivity contribution in [2.45, 2.75) is 6.42 Å². The molecule has 0 bridgehead atoms. The molecule has 0 unspecified atom stereocenters. The standard InChI is InChI=1S/C16H14ClNO2/c1-20-12-6-7-13(14(17)10-12)16(19)18-9-8-11-4-2-3-5-15(11)18/h2-7,10H,8-9H2,1H3. The molecule has 0 saturated heterocycles. The summed E-state index contributed by atoms with van der Waals surface area (Å²) in [6.07, 6.45) is 0.885. The fraction of sp³-hybridized carbons (Fsp3) is 0.188. The molecular formula is C16H14ClNO2. The van der Waals surface area contributed by atoms with E-state index in [0.717, 1.165) is 12.1 Å². The fourth-order valence-electron chi connectivity index (χ4n) is 2.49. The fourth-order valence-corrected chi connectivity index (χ4v) is 2.74. The Morgan fingerprint density at radius 2 is 2.05 bits per heavy atom. The second-order valence-electron chi connectivity index (χ2n) is 4.68. The molecule has 1 heterocycles. The van der Waals surface area contributed by atoms with Crippen molar-refractivity contribution in [1.29, 1.82) is 0 Å². The zero-order valence-corrected chi connectivity index (χ0v) is 11.9. The lowest BCUT2D eigenvalue weighted by Crippen LogP contribution is -2.29. The molecule has 1 amide bonds. The minimum Gasteiger partial charge on any atom is -0.497 e. The summed E-state index contributed by atoms with van der Waals surface area (Å²) >= 11 is 6.18. The molecule has 0 aliphatic carbocycles. The van der Waals surface area contributed by atoms with Crippen molar-refractivity contribution in [1.82, 2.24) is 0 Å². The molecule has 0 aromatic heterocycles. The van der Waals surface area contributed by atoms with Crippen molar-refractivity contribution in [2.75, 3.05) is 18.6 Å². The molecule has 3 nitrogen and oxygen atoms in total. The molecular weight excluding hydrogens is 274 g/mol. The number of ether oxygens (including phenoxy) is 1. The van der Waals surface area contributed by atoms with Crippen LogP contribution in [0.5, 0.6) is 5.75 Å². The average Bonchev–Trinajstić information content (AvgIpc) is 2.90. The van der Waals surface area contributed by atoms with Crippen molar-refractivity contribution in [3.8, 4) is 5.75 Å². The molecule has 0 radical (unpaired) electrons. The smallest absolute Gasteiger partial charge is 0.259 e. The number of carbonyl (C=O) groups is 1. The Morgan fingerprint density at radius 3 is 2.80 bits per heavy atom. The topological polar surface area (TPSA) is 29.5 Å². The van der Waals surface area contributed by atoms with Gasteiger partial charge in [0, 0.05) is 12.2 Å². The van der Waals surface area contributed by atoms with E-state index in [1.54, 1.807) is 30.2 Å². The predicted molar refractivity (Wildman–Crippen MR) is 79.8 cm³/mol. The van der Waals surface area contributed by atoms with Crippen LogP contribution in [0.4, 0.5) is 5.69 Å². The van der Waals surface area contributed by atoms with Gasteiger partial charge in [-0.15, -0.1) is 0 Å². The van der Waals surface area contributed by atoms with E-state index in [1.807, 2.05) is 18.2 Å². The second-order valence-corrected chi connectivity index (χ2v) is 5.09. The maximum Gasteiger partial charge on any atom is 0.259 e. The van der Waals surface area contributed by atoms with Crippen LogP contribution in [0.1, 0.15) is 15.9 Å². The number of nitrogens with zero attached hydrogens (tertiary/aromatic N) is 1. The molecule has 4 heteroatoms. The first-order chi connectivity index (χ1) is 9.70. The number of hydrogen-bond acceptors (Lipinski definition) is 2. The van der Waals surface area contributed by atoms with Crippen molar-refractivity contribution >= 4 is 23.2 Å². The maximum atomic E-state index is 12.6. The maximum absolute atomic E-state index is 12.6. The highest BCUT2D eigenvalue weighted by Crippen LogP contribution is 2.31. The van der Waals surface area contributed by atoms with E-state index in [2.05, 4.69) is 6.07 Å². The molecule has 1 aliphatic rings. The summed E-state index contributed by atoms with van der Waals surface area (Å²) in [5.74, 6) is 0.580. The lowest BCUT2D eigenvalue weighted by atomic mass is 10.1. The first-order valence-electron chi connectivity index (χ1n) is 6.44. The molecule has 0 atom stereocenters. The number of benzene rings is 2. The van der Waals surface area contributed by atoms with E-state index in [-0.39, 0.29) is 5.91 Å². The monoisotopic (exact) mass is 287 g/mol. The van der Waals surface area contributed by atoms with Crippen LogP contribution >= 0.6 is 11.6 Å². The highest BCUT2D eigenvalue weighted by atomic mass is 35.5. The number of rotatable bonds is 2.